The highest BCUT2D eigenvalue weighted by atomic mass is 16.6. The molecular weight excluding hydrogens is 1010 g/mol. The molecule has 0 rings (SSSR count). The number of allylic oxidation sites excluding steroid dienone is 14. The van der Waals surface area contributed by atoms with E-state index in [0.29, 0.717) is 19.3 Å². The summed E-state index contributed by atoms with van der Waals surface area (Å²) in [5.74, 6) is -0.863. The standard InChI is InChI=1S/C76H134O6/c1-4-7-10-13-16-19-22-25-28-31-33-35-37-38-40-41-43-45-48-51-54-57-60-63-66-69-75(78)81-72-73(71-80-74(77)68-65-62-59-56-53-50-47-30-27-24-21-18-15-12-9-6-3)82-76(79)70-67-64-61-58-55-52-49-46-44-42-39-36-34-32-29-26-23-20-17-14-11-8-5-2/h8,11,17,20,22,25-26,29,31,33-34,36-38,73H,4-7,9-10,12-16,18-19,21,23-24,27-28,30,32,35,39-72H2,1-3H3/b11-8-,20-17-,25-22-,29-26-,33-31-,36-34-,38-37-. The number of carbonyl (C=O) groups is 3. The summed E-state index contributed by atoms with van der Waals surface area (Å²) >= 11 is 0. The van der Waals surface area contributed by atoms with Crippen molar-refractivity contribution < 1.29 is 28.6 Å². The maximum absolute atomic E-state index is 13.0. The largest absolute Gasteiger partial charge is 0.462 e. The zero-order valence-electron chi connectivity index (χ0n) is 54.5. The molecule has 0 radical (unpaired) electrons. The average molecular weight is 1140 g/mol. The summed E-state index contributed by atoms with van der Waals surface area (Å²) in [6, 6.07) is 0. The van der Waals surface area contributed by atoms with Crippen LogP contribution in [0.2, 0.25) is 0 Å². The Hall–Kier alpha value is -3.41. The van der Waals surface area contributed by atoms with Crippen molar-refractivity contribution in [1.29, 1.82) is 0 Å². The molecule has 1 atom stereocenters. The van der Waals surface area contributed by atoms with Gasteiger partial charge in [-0.3, -0.25) is 14.4 Å². The molecule has 0 aromatic rings. The fraction of sp³-hybridized carbons (Fsp3) is 0.776. The highest BCUT2D eigenvalue weighted by Gasteiger charge is 2.19. The molecule has 0 aliphatic rings. The monoisotopic (exact) mass is 1140 g/mol. The first kappa shape index (κ1) is 78.6. The molecule has 0 saturated carbocycles. The highest BCUT2D eigenvalue weighted by Crippen LogP contribution is 2.18. The third kappa shape index (κ3) is 67.4. The molecule has 0 amide bonds. The van der Waals surface area contributed by atoms with Crippen LogP contribution in [0.3, 0.4) is 0 Å². The van der Waals surface area contributed by atoms with E-state index in [9.17, 15) is 14.4 Å². The maximum atomic E-state index is 13.0. The Morgan fingerprint density at radius 1 is 0.256 bits per heavy atom. The van der Waals surface area contributed by atoms with E-state index in [0.717, 1.165) is 96.3 Å². The average Bonchev–Trinajstić information content (AvgIpc) is 3.47. The molecule has 0 aliphatic carbocycles. The Bertz CT molecular complexity index is 1550. The normalized spacial score (nSPS) is 12.6. The van der Waals surface area contributed by atoms with Gasteiger partial charge in [-0.25, -0.2) is 0 Å². The summed E-state index contributed by atoms with van der Waals surface area (Å²) in [7, 11) is 0. The van der Waals surface area contributed by atoms with Gasteiger partial charge in [-0.1, -0.05) is 331 Å². The molecule has 0 aromatic heterocycles. The Labute approximate surface area is 509 Å². The molecule has 6 nitrogen and oxygen atoms in total. The van der Waals surface area contributed by atoms with Gasteiger partial charge in [0.15, 0.2) is 6.10 Å². The van der Waals surface area contributed by atoms with Gasteiger partial charge in [0.05, 0.1) is 0 Å². The van der Waals surface area contributed by atoms with Crippen molar-refractivity contribution in [1.82, 2.24) is 0 Å². The van der Waals surface area contributed by atoms with Crippen LogP contribution >= 0.6 is 0 Å². The molecule has 0 aliphatic heterocycles. The minimum Gasteiger partial charge on any atom is -0.462 e. The molecule has 0 N–H and O–H groups in total. The maximum Gasteiger partial charge on any atom is 0.306 e. The van der Waals surface area contributed by atoms with Gasteiger partial charge in [-0.2, -0.15) is 0 Å². The fourth-order valence-corrected chi connectivity index (χ4v) is 10.3. The van der Waals surface area contributed by atoms with Crippen LogP contribution in [0.25, 0.3) is 0 Å². The van der Waals surface area contributed by atoms with E-state index in [1.165, 1.54) is 225 Å². The molecule has 0 saturated heterocycles. The zero-order valence-corrected chi connectivity index (χ0v) is 54.5. The molecule has 1 unspecified atom stereocenters. The summed E-state index contributed by atoms with van der Waals surface area (Å²) in [5.41, 5.74) is 0. The smallest absolute Gasteiger partial charge is 0.306 e. The summed E-state index contributed by atoms with van der Waals surface area (Å²) in [6.07, 6.45) is 93.1. The lowest BCUT2D eigenvalue weighted by Crippen LogP contribution is -2.30. The molecule has 0 aromatic carbocycles. The predicted molar refractivity (Wildman–Crippen MR) is 358 cm³/mol. The van der Waals surface area contributed by atoms with Gasteiger partial charge < -0.3 is 14.2 Å². The van der Waals surface area contributed by atoms with Crippen molar-refractivity contribution in [2.24, 2.45) is 0 Å². The van der Waals surface area contributed by atoms with Gasteiger partial charge >= 0.3 is 17.9 Å². The molecule has 82 heavy (non-hydrogen) atoms. The summed E-state index contributed by atoms with van der Waals surface area (Å²) in [6.45, 7) is 6.57. The lowest BCUT2D eigenvalue weighted by molar-refractivity contribution is -0.167. The SMILES string of the molecule is CC/C=C\C/C=C\C/C=C\C/C=C\CCCCCCCCCCCCC(=O)OC(COC(=O)CCCCCCCCCCCC/C=C\C/C=C\C/C=C\CCCCCCC)COC(=O)CCCCCCCCCCCCCCCCCC. The van der Waals surface area contributed by atoms with Crippen molar-refractivity contribution in [3.05, 3.63) is 85.1 Å². The lowest BCUT2D eigenvalue weighted by atomic mass is 10.0. The Morgan fingerprint density at radius 2 is 0.476 bits per heavy atom. The second kappa shape index (κ2) is 70.1. The van der Waals surface area contributed by atoms with Gasteiger partial charge in [0.25, 0.3) is 0 Å². The van der Waals surface area contributed by atoms with E-state index in [1.807, 2.05) is 0 Å². The van der Waals surface area contributed by atoms with Crippen LogP contribution in [0.5, 0.6) is 0 Å². The Morgan fingerprint density at radius 3 is 0.744 bits per heavy atom. The van der Waals surface area contributed by atoms with Crippen LogP contribution in [0.4, 0.5) is 0 Å². The van der Waals surface area contributed by atoms with Crippen LogP contribution in [-0.4, -0.2) is 37.2 Å². The van der Waals surface area contributed by atoms with Crippen molar-refractivity contribution in [3.63, 3.8) is 0 Å². The van der Waals surface area contributed by atoms with E-state index in [-0.39, 0.29) is 31.1 Å². The van der Waals surface area contributed by atoms with Crippen LogP contribution in [0.15, 0.2) is 85.1 Å². The quantitative estimate of drug-likeness (QED) is 0.0261. The number of hydrogen-bond acceptors (Lipinski definition) is 6. The van der Waals surface area contributed by atoms with Gasteiger partial charge in [0, 0.05) is 19.3 Å². The second-order valence-corrected chi connectivity index (χ2v) is 23.8. The fourth-order valence-electron chi connectivity index (χ4n) is 10.3. The molecule has 0 heterocycles. The lowest BCUT2D eigenvalue weighted by Gasteiger charge is -2.18. The topological polar surface area (TPSA) is 78.9 Å². The van der Waals surface area contributed by atoms with E-state index in [2.05, 4.69) is 106 Å². The van der Waals surface area contributed by atoms with Gasteiger partial charge in [-0.15, -0.1) is 0 Å². The van der Waals surface area contributed by atoms with Crippen molar-refractivity contribution in [2.75, 3.05) is 13.2 Å². The number of hydrogen-bond donors (Lipinski definition) is 0. The minimum atomic E-state index is -0.781. The first-order chi connectivity index (χ1) is 40.5. The number of ether oxygens (including phenoxy) is 3. The summed E-state index contributed by atoms with van der Waals surface area (Å²) < 4.78 is 17.0. The first-order valence-electron chi connectivity index (χ1n) is 35.6. The second-order valence-electron chi connectivity index (χ2n) is 23.8. The Kier molecular flexibility index (Phi) is 67.2. The third-order valence-corrected chi connectivity index (χ3v) is 15.6. The molecule has 0 fully saturated rings. The zero-order chi connectivity index (χ0) is 59.2. The molecule has 0 bridgehead atoms. The minimum absolute atomic E-state index is 0.0756. The number of rotatable bonds is 65. The first-order valence-corrected chi connectivity index (χ1v) is 35.6. The number of carbonyl (C=O) groups excluding carboxylic acids is 3. The Balaban J connectivity index is 4.34. The number of unbranched alkanes of at least 4 members (excludes halogenated alkanes) is 40. The van der Waals surface area contributed by atoms with E-state index in [1.54, 1.807) is 0 Å². The van der Waals surface area contributed by atoms with Crippen molar-refractivity contribution in [2.45, 2.75) is 367 Å². The molecule has 0 spiro atoms. The van der Waals surface area contributed by atoms with Gasteiger partial charge in [-0.05, 0) is 96.3 Å². The summed E-state index contributed by atoms with van der Waals surface area (Å²) in [5, 5.41) is 0. The summed E-state index contributed by atoms with van der Waals surface area (Å²) in [4.78, 5) is 38.5. The van der Waals surface area contributed by atoms with Crippen LogP contribution in [0, 0.1) is 0 Å². The van der Waals surface area contributed by atoms with Gasteiger partial charge in [0.2, 0.25) is 0 Å². The van der Waals surface area contributed by atoms with E-state index >= 15 is 0 Å². The van der Waals surface area contributed by atoms with Crippen LogP contribution in [0.1, 0.15) is 361 Å². The molecular formula is C76H134O6. The molecule has 474 valence electrons. The van der Waals surface area contributed by atoms with E-state index < -0.39 is 6.10 Å². The number of esters is 3. The van der Waals surface area contributed by atoms with E-state index in [4.69, 9.17) is 14.2 Å². The molecule has 6 heteroatoms. The van der Waals surface area contributed by atoms with Gasteiger partial charge in [0.1, 0.15) is 13.2 Å². The van der Waals surface area contributed by atoms with Crippen molar-refractivity contribution >= 4 is 17.9 Å². The van der Waals surface area contributed by atoms with Crippen LogP contribution in [-0.2, 0) is 28.6 Å². The van der Waals surface area contributed by atoms with Crippen molar-refractivity contribution in [3.8, 4) is 0 Å². The van der Waals surface area contributed by atoms with Crippen LogP contribution < -0.4 is 0 Å². The predicted octanol–water partition coefficient (Wildman–Crippen LogP) is 24.6. The third-order valence-electron chi connectivity index (χ3n) is 15.6. The highest BCUT2D eigenvalue weighted by molar-refractivity contribution is 5.71.